The summed E-state index contributed by atoms with van der Waals surface area (Å²) >= 11 is 0. The molecule has 17 nitrogen and oxygen atoms in total. The number of carbonyl (C=O) groups is 5. The number of aromatic hydroxyl groups is 1. The minimum Gasteiger partial charge on any atom is -0.508 e. The van der Waals surface area contributed by atoms with Gasteiger partial charge in [0.05, 0.1) is 6.54 Å². The number of hydrogen-bond donors (Lipinski definition) is 10. The number of guanidine groups is 2. The van der Waals surface area contributed by atoms with Crippen molar-refractivity contribution in [2.24, 2.45) is 32.9 Å². The highest BCUT2D eigenvalue weighted by atomic mass is 16.3. The van der Waals surface area contributed by atoms with Crippen molar-refractivity contribution < 1.29 is 29.1 Å². The highest BCUT2D eigenvalue weighted by Gasteiger charge is 2.32. The molecule has 0 aliphatic carbocycles. The van der Waals surface area contributed by atoms with Crippen LogP contribution in [0.25, 0.3) is 10.8 Å². The van der Waals surface area contributed by atoms with Gasteiger partial charge in [0.1, 0.15) is 29.9 Å². The Balaban J connectivity index is 1.68. The van der Waals surface area contributed by atoms with Crippen molar-refractivity contribution in [1.29, 1.82) is 0 Å². The number of carbonyl (C=O) groups excluding carboxylic acids is 5. The number of hydrogen-bond acceptors (Lipinski definition) is 8. The Hall–Kier alpha value is -6.39. The maximum Gasteiger partial charge on any atom is 0.243 e. The lowest BCUT2D eigenvalue weighted by atomic mass is 10.0. The van der Waals surface area contributed by atoms with Gasteiger partial charge in [0.2, 0.25) is 29.5 Å². The third kappa shape index (κ3) is 12.7. The summed E-state index contributed by atoms with van der Waals surface area (Å²) in [5.41, 5.74) is 23.2. The summed E-state index contributed by atoms with van der Waals surface area (Å²) in [6.45, 7) is -0.194. The van der Waals surface area contributed by atoms with Crippen molar-refractivity contribution in [1.82, 2.24) is 26.6 Å². The van der Waals surface area contributed by atoms with Gasteiger partial charge in [-0.05, 0) is 59.7 Å². The Morgan fingerprint density at radius 2 is 1.09 bits per heavy atom. The smallest absolute Gasteiger partial charge is 0.243 e. The van der Waals surface area contributed by atoms with Crippen molar-refractivity contribution in [3.8, 4) is 5.75 Å². The van der Waals surface area contributed by atoms with Crippen LogP contribution in [0.15, 0.2) is 76.7 Å². The zero-order chi connectivity index (χ0) is 38.3. The van der Waals surface area contributed by atoms with E-state index in [1.807, 2.05) is 42.5 Å². The van der Waals surface area contributed by atoms with Gasteiger partial charge in [-0.2, -0.15) is 0 Å². The average molecular weight is 730 g/mol. The van der Waals surface area contributed by atoms with Crippen LogP contribution in [0.3, 0.4) is 0 Å². The largest absolute Gasteiger partial charge is 0.508 e. The zero-order valence-electron chi connectivity index (χ0n) is 29.2. The molecule has 1 aliphatic heterocycles. The molecule has 0 bridgehead atoms. The van der Waals surface area contributed by atoms with Crippen LogP contribution in [0, 0.1) is 0 Å². The Labute approximate surface area is 306 Å². The third-order valence-corrected chi connectivity index (χ3v) is 8.49. The van der Waals surface area contributed by atoms with Gasteiger partial charge in [-0.25, -0.2) is 0 Å². The second-order valence-corrected chi connectivity index (χ2v) is 12.7. The van der Waals surface area contributed by atoms with E-state index in [4.69, 9.17) is 22.9 Å². The maximum absolute atomic E-state index is 13.9. The van der Waals surface area contributed by atoms with Crippen molar-refractivity contribution in [3.05, 3.63) is 77.9 Å². The topological polar surface area (TPSA) is 295 Å². The van der Waals surface area contributed by atoms with Gasteiger partial charge in [-0.1, -0.05) is 54.6 Å². The number of nitrogens with two attached hydrogens (primary N) is 4. The van der Waals surface area contributed by atoms with E-state index in [1.165, 1.54) is 12.1 Å². The molecule has 17 heteroatoms. The summed E-state index contributed by atoms with van der Waals surface area (Å²) in [4.78, 5) is 76.4. The quantitative estimate of drug-likeness (QED) is 0.0585. The van der Waals surface area contributed by atoms with Gasteiger partial charge in [0, 0.05) is 25.9 Å². The van der Waals surface area contributed by atoms with Gasteiger partial charge in [0.15, 0.2) is 11.9 Å². The van der Waals surface area contributed by atoms with Crippen LogP contribution in [0.4, 0.5) is 0 Å². The van der Waals surface area contributed by atoms with Gasteiger partial charge in [-0.3, -0.25) is 34.0 Å². The molecule has 0 radical (unpaired) electrons. The highest BCUT2D eigenvalue weighted by molar-refractivity contribution is 5.97. The van der Waals surface area contributed by atoms with Gasteiger partial charge in [0.25, 0.3) is 0 Å². The molecule has 1 fully saturated rings. The standard InChI is InChI=1S/C36H47N11O6/c37-35(38)41-15-3-7-26-32(51)45-27(8-4-16-42-36(39)40)33(52)47-28(19-22-9-12-23-5-1-2-6-24(23)17-22)31(50)43-20-30(49)44-29(34(53)46-26)18-21-10-13-25(48)14-11-21/h1-2,5-6,9-14,17,26-29,48H,3-4,7-8,15-16,18-20H2,(H,43,50)(H,44,49)(H,45,51)(H,46,53)(H,47,52)(H4,37,38,41)(H4,39,40,42)/t26-,27-,28+,29-/m1/s1. The van der Waals surface area contributed by atoms with Crippen LogP contribution in [-0.2, 0) is 36.8 Å². The molecule has 4 rings (SSSR count). The summed E-state index contributed by atoms with van der Waals surface area (Å²) in [5, 5.41) is 25.1. The fourth-order valence-corrected chi connectivity index (χ4v) is 5.79. The Bertz CT molecular complexity index is 1820. The molecule has 5 amide bonds. The highest BCUT2D eigenvalue weighted by Crippen LogP contribution is 2.17. The Morgan fingerprint density at radius 1 is 0.604 bits per heavy atom. The van der Waals surface area contributed by atoms with Crippen LogP contribution in [0.2, 0.25) is 0 Å². The number of fused-ring (bicyclic) bond motifs is 1. The molecule has 14 N–H and O–H groups in total. The summed E-state index contributed by atoms with van der Waals surface area (Å²) in [6.07, 6.45) is 0.769. The molecular formula is C36H47N11O6. The molecule has 0 aromatic heterocycles. The molecule has 53 heavy (non-hydrogen) atoms. The van der Waals surface area contributed by atoms with Crippen LogP contribution in [0.1, 0.15) is 36.8 Å². The monoisotopic (exact) mass is 729 g/mol. The Morgan fingerprint density at radius 3 is 1.68 bits per heavy atom. The molecule has 0 saturated carbocycles. The van der Waals surface area contributed by atoms with Crippen molar-refractivity contribution in [3.63, 3.8) is 0 Å². The van der Waals surface area contributed by atoms with E-state index in [-0.39, 0.29) is 69.3 Å². The average Bonchev–Trinajstić information content (AvgIpc) is 3.12. The second kappa shape index (κ2) is 19.3. The van der Waals surface area contributed by atoms with Crippen LogP contribution in [-0.4, -0.2) is 90.4 Å². The lowest BCUT2D eigenvalue weighted by molar-refractivity contribution is -0.134. The van der Waals surface area contributed by atoms with E-state index in [9.17, 15) is 29.1 Å². The molecule has 1 saturated heterocycles. The summed E-state index contributed by atoms with van der Waals surface area (Å²) in [7, 11) is 0. The first-order chi connectivity index (χ1) is 25.4. The molecule has 3 aromatic carbocycles. The summed E-state index contributed by atoms with van der Waals surface area (Å²) < 4.78 is 0. The van der Waals surface area contributed by atoms with Crippen molar-refractivity contribution >= 4 is 52.2 Å². The Kier molecular flexibility index (Phi) is 14.3. The molecule has 0 unspecified atom stereocenters. The predicted octanol–water partition coefficient (Wildman–Crippen LogP) is -1.49. The molecule has 3 aromatic rings. The number of phenols is 1. The minimum atomic E-state index is -1.19. The SMILES string of the molecule is NC(N)=NCCC[C@H]1NC(=O)[C@@H](CCCN=C(N)N)NC(=O)[C@@H](Cc2ccc(O)cc2)NC(=O)CNC(=O)[C@H](Cc2ccc3ccccc3c2)NC1=O. The summed E-state index contributed by atoms with van der Waals surface area (Å²) in [6, 6.07) is 14.7. The first-order valence-corrected chi connectivity index (χ1v) is 17.2. The minimum absolute atomic E-state index is 0.00775. The van der Waals surface area contributed by atoms with E-state index >= 15 is 0 Å². The van der Waals surface area contributed by atoms with Gasteiger partial charge in [-0.15, -0.1) is 0 Å². The van der Waals surface area contributed by atoms with Crippen molar-refractivity contribution in [2.45, 2.75) is 62.7 Å². The fraction of sp³-hybridized carbons (Fsp3) is 0.361. The molecule has 282 valence electrons. The maximum atomic E-state index is 13.9. The number of aliphatic imine (C=N–C) groups is 2. The number of rotatable bonds is 12. The first kappa shape index (κ1) is 39.4. The molecule has 4 atom stereocenters. The number of phenolic OH excluding ortho intramolecular Hbond substituents is 1. The number of nitrogens with one attached hydrogen (secondary N) is 5. The van der Waals surface area contributed by atoms with Crippen LogP contribution in [0.5, 0.6) is 5.75 Å². The molecule has 1 heterocycles. The predicted molar refractivity (Wildman–Crippen MR) is 200 cm³/mol. The van der Waals surface area contributed by atoms with E-state index < -0.39 is 60.2 Å². The number of benzene rings is 3. The normalized spacial score (nSPS) is 20.0. The van der Waals surface area contributed by atoms with E-state index in [0.29, 0.717) is 5.56 Å². The third-order valence-electron chi connectivity index (χ3n) is 8.49. The van der Waals surface area contributed by atoms with Crippen LogP contribution >= 0.6 is 0 Å². The van der Waals surface area contributed by atoms with E-state index in [1.54, 1.807) is 12.1 Å². The molecular weight excluding hydrogens is 682 g/mol. The lowest BCUT2D eigenvalue weighted by Gasteiger charge is -2.26. The zero-order valence-corrected chi connectivity index (χ0v) is 29.2. The van der Waals surface area contributed by atoms with E-state index in [2.05, 4.69) is 36.6 Å². The number of nitrogens with zero attached hydrogens (tertiary/aromatic N) is 2. The lowest BCUT2D eigenvalue weighted by Crippen LogP contribution is -2.58. The first-order valence-electron chi connectivity index (χ1n) is 17.2. The molecule has 1 aliphatic rings. The van der Waals surface area contributed by atoms with E-state index in [0.717, 1.165) is 16.3 Å². The fourth-order valence-electron chi connectivity index (χ4n) is 5.79. The number of amides is 5. The summed E-state index contributed by atoms with van der Waals surface area (Å²) in [5.74, 6) is -3.66. The van der Waals surface area contributed by atoms with Gasteiger partial charge >= 0.3 is 0 Å². The van der Waals surface area contributed by atoms with Crippen LogP contribution < -0.4 is 49.5 Å². The molecule has 0 spiro atoms. The second-order valence-electron chi connectivity index (χ2n) is 12.7. The van der Waals surface area contributed by atoms with Crippen molar-refractivity contribution in [2.75, 3.05) is 19.6 Å². The van der Waals surface area contributed by atoms with Gasteiger partial charge < -0.3 is 54.6 Å².